The van der Waals surface area contributed by atoms with Crippen LogP contribution in [0.4, 0.5) is 0 Å². The zero-order valence-electron chi connectivity index (χ0n) is 9.81. The summed E-state index contributed by atoms with van der Waals surface area (Å²) >= 11 is 0. The summed E-state index contributed by atoms with van der Waals surface area (Å²) in [6.07, 6.45) is 9.55. The quantitative estimate of drug-likeness (QED) is 0.472. The minimum Gasteiger partial charge on any atom is -0.0654 e. The molecule has 1 atom stereocenters. The molecule has 79 valence electrons. The number of unbranched alkanes of at least 4 members (excludes halogenated alkanes) is 4. The molecule has 0 heterocycles. The third kappa shape index (κ3) is 7.10. The van der Waals surface area contributed by atoms with Gasteiger partial charge in [0, 0.05) is 0 Å². The van der Waals surface area contributed by atoms with Gasteiger partial charge in [-0.15, -0.1) is 0 Å². The van der Waals surface area contributed by atoms with Gasteiger partial charge >= 0.3 is 0 Å². The molecule has 0 aliphatic heterocycles. The lowest BCUT2D eigenvalue weighted by Crippen LogP contribution is -2.07. The molecular formula is C13H27. The second kappa shape index (κ2) is 8.59. The van der Waals surface area contributed by atoms with Gasteiger partial charge in [0.15, 0.2) is 0 Å². The fourth-order valence-corrected chi connectivity index (χ4v) is 1.82. The van der Waals surface area contributed by atoms with Crippen molar-refractivity contribution in [2.75, 3.05) is 0 Å². The van der Waals surface area contributed by atoms with E-state index in [4.69, 9.17) is 0 Å². The average molecular weight is 183 g/mol. The smallest absolute Gasteiger partial charge is 0.0391 e. The molecule has 1 unspecified atom stereocenters. The van der Waals surface area contributed by atoms with Gasteiger partial charge in [0.1, 0.15) is 0 Å². The van der Waals surface area contributed by atoms with Crippen molar-refractivity contribution in [2.45, 2.75) is 65.7 Å². The first kappa shape index (κ1) is 13.0. The van der Waals surface area contributed by atoms with E-state index in [1.54, 1.807) is 0 Å². The van der Waals surface area contributed by atoms with E-state index in [0.717, 1.165) is 18.3 Å². The second-order valence-electron chi connectivity index (χ2n) is 4.50. The van der Waals surface area contributed by atoms with Crippen LogP contribution in [0.5, 0.6) is 0 Å². The normalized spacial score (nSPS) is 13.6. The Morgan fingerprint density at radius 3 is 2.08 bits per heavy atom. The lowest BCUT2D eigenvalue weighted by molar-refractivity contribution is 0.347. The van der Waals surface area contributed by atoms with Crippen molar-refractivity contribution in [3.8, 4) is 0 Å². The van der Waals surface area contributed by atoms with E-state index < -0.39 is 0 Å². The van der Waals surface area contributed by atoms with E-state index in [1.165, 1.54) is 38.5 Å². The molecule has 0 bridgehead atoms. The fourth-order valence-electron chi connectivity index (χ4n) is 1.82. The van der Waals surface area contributed by atoms with Gasteiger partial charge in [-0.1, -0.05) is 72.6 Å². The van der Waals surface area contributed by atoms with E-state index in [9.17, 15) is 0 Å². The molecule has 0 rings (SSSR count). The van der Waals surface area contributed by atoms with Gasteiger partial charge in [-0.05, 0) is 11.8 Å². The molecule has 0 nitrogen and oxygen atoms in total. The van der Waals surface area contributed by atoms with Crippen molar-refractivity contribution in [3.63, 3.8) is 0 Å². The minimum absolute atomic E-state index is 0.823. The molecule has 0 heteroatoms. The van der Waals surface area contributed by atoms with Crippen LogP contribution in [0.15, 0.2) is 0 Å². The van der Waals surface area contributed by atoms with Gasteiger partial charge in [-0.2, -0.15) is 0 Å². The van der Waals surface area contributed by atoms with E-state index in [1.807, 2.05) is 0 Å². The molecule has 0 aromatic rings. The second-order valence-corrected chi connectivity index (χ2v) is 4.50. The van der Waals surface area contributed by atoms with Crippen LogP contribution >= 0.6 is 0 Å². The summed E-state index contributed by atoms with van der Waals surface area (Å²) in [7, 11) is 0. The highest BCUT2D eigenvalue weighted by Crippen LogP contribution is 2.21. The maximum atomic E-state index is 4.02. The van der Waals surface area contributed by atoms with Crippen molar-refractivity contribution in [1.29, 1.82) is 0 Å². The van der Waals surface area contributed by atoms with E-state index in [2.05, 4.69) is 27.7 Å². The highest BCUT2D eigenvalue weighted by molar-refractivity contribution is 4.64. The standard InChI is InChI=1S/C13H27/c1-5-7-8-9-10-11-13(6-2)12(3)4/h12-13H,2,5-11H2,1,3-4H3. The molecule has 0 saturated heterocycles. The molecule has 0 amide bonds. The first-order valence-corrected chi connectivity index (χ1v) is 6.01. The number of hydrogen-bond acceptors (Lipinski definition) is 0. The molecule has 0 saturated carbocycles. The van der Waals surface area contributed by atoms with Gasteiger partial charge in [-0.3, -0.25) is 0 Å². The van der Waals surface area contributed by atoms with Crippen LogP contribution in [0.1, 0.15) is 65.7 Å². The zero-order valence-corrected chi connectivity index (χ0v) is 9.81. The topological polar surface area (TPSA) is 0 Å². The minimum atomic E-state index is 0.823. The predicted octanol–water partition coefficient (Wildman–Crippen LogP) is 4.84. The Labute approximate surface area is 85.1 Å². The van der Waals surface area contributed by atoms with Gasteiger partial charge in [0.25, 0.3) is 0 Å². The third-order valence-corrected chi connectivity index (χ3v) is 2.99. The van der Waals surface area contributed by atoms with Crippen LogP contribution in [0.25, 0.3) is 0 Å². The molecule has 0 fully saturated rings. The molecule has 0 aromatic carbocycles. The molecule has 0 spiro atoms. The summed E-state index contributed by atoms with van der Waals surface area (Å²) in [5.74, 6) is 1.69. The van der Waals surface area contributed by atoms with E-state index >= 15 is 0 Å². The average Bonchev–Trinajstić information content (AvgIpc) is 2.10. The number of rotatable bonds is 8. The van der Waals surface area contributed by atoms with Gasteiger partial charge in [0.05, 0.1) is 0 Å². The molecule has 0 aromatic heterocycles. The highest BCUT2D eigenvalue weighted by Gasteiger charge is 2.09. The largest absolute Gasteiger partial charge is 0.0654 e. The SMILES string of the molecule is [CH2]CC(CCCCCCC)C(C)C. The summed E-state index contributed by atoms with van der Waals surface area (Å²) in [6, 6.07) is 0. The highest BCUT2D eigenvalue weighted by atomic mass is 14.1. The summed E-state index contributed by atoms with van der Waals surface area (Å²) in [6.45, 7) is 10.9. The lowest BCUT2D eigenvalue weighted by Gasteiger charge is -2.18. The fraction of sp³-hybridized carbons (Fsp3) is 0.923. The lowest BCUT2D eigenvalue weighted by atomic mass is 9.88. The van der Waals surface area contributed by atoms with Crippen LogP contribution in [0, 0.1) is 18.8 Å². The Kier molecular flexibility index (Phi) is 8.59. The molecule has 0 aliphatic rings. The maximum Gasteiger partial charge on any atom is -0.0391 e. The third-order valence-electron chi connectivity index (χ3n) is 2.99. The van der Waals surface area contributed by atoms with Crippen LogP contribution in [-0.4, -0.2) is 0 Å². The van der Waals surface area contributed by atoms with Crippen molar-refractivity contribution in [2.24, 2.45) is 11.8 Å². The van der Waals surface area contributed by atoms with Crippen molar-refractivity contribution in [1.82, 2.24) is 0 Å². The van der Waals surface area contributed by atoms with Crippen molar-refractivity contribution >= 4 is 0 Å². The first-order chi connectivity index (χ1) is 6.22. The van der Waals surface area contributed by atoms with Crippen LogP contribution in [0.2, 0.25) is 0 Å². The maximum absolute atomic E-state index is 4.02. The first-order valence-electron chi connectivity index (χ1n) is 6.01. The Hall–Kier alpha value is 0. The van der Waals surface area contributed by atoms with Crippen molar-refractivity contribution < 1.29 is 0 Å². The molecule has 0 N–H and O–H groups in total. The summed E-state index contributed by atoms with van der Waals surface area (Å²) in [5, 5.41) is 0. The van der Waals surface area contributed by atoms with Crippen molar-refractivity contribution in [3.05, 3.63) is 6.92 Å². The van der Waals surface area contributed by atoms with Crippen LogP contribution in [0.3, 0.4) is 0 Å². The van der Waals surface area contributed by atoms with Crippen LogP contribution < -0.4 is 0 Å². The Balaban J connectivity index is 3.28. The van der Waals surface area contributed by atoms with Gasteiger partial charge < -0.3 is 0 Å². The monoisotopic (exact) mass is 183 g/mol. The Morgan fingerprint density at radius 2 is 1.62 bits per heavy atom. The molecule has 13 heavy (non-hydrogen) atoms. The Bertz CT molecular complexity index is 94.2. The zero-order chi connectivity index (χ0) is 10.1. The van der Waals surface area contributed by atoms with Gasteiger partial charge in [0.2, 0.25) is 0 Å². The predicted molar refractivity (Wildman–Crippen MR) is 61.7 cm³/mol. The van der Waals surface area contributed by atoms with Gasteiger partial charge in [-0.25, -0.2) is 0 Å². The molecule has 0 aliphatic carbocycles. The number of hydrogen-bond donors (Lipinski definition) is 0. The Morgan fingerprint density at radius 1 is 1.00 bits per heavy atom. The summed E-state index contributed by atoms with van der Waals surface area (Å²) < 4.78 is 0. The van der Waals surface area contributed by atoms with Crippen LogP contribution in [-0.2, 0) is 0 Å². The molecular weight excluding hydrogens is 156 g/mol. The molecule has 1 radical (unpaired) electrons. The summed E-state index contributed by atoms with van der Waals surface area (Å²) in [5.41, 5.74) is 0. The van der Waals surface area contributed by atoms with E-state index in [-0.39, 0.29) is 0 Å². The summed E-state index contributed by atoms with van der Waals surface area (Å²) in [4.78, 5) is 0. The van der Waals surface area contributed by atoms with E-state index in [0.29, 0.717) is 0 Å².